The van der Waals surface area contributed by atoms with E-state index in [0.29, 0.717) is 17.0 Å². The van der Waals surface area contributed by atoms with E-state index in [0.717, 1.165) is 0 Å². The first-order valence-electron chi connectivity index (χ1n) is 9.86. The van der Waals surface area contributed by atoms with Crippen molar-refractivity contribution in [3.63, 3.8) is 0 Å². The molecular weight excluding hydrogens is 435 g/mol. The summed E-state index contributed by atoms with van der Waals surface area (Å²) in [5, 5.41) is 24.1. The number of halogens is 5. The van der Waals surface area contributed by atoms with Crippen LogP contribution in [0.25, 0.3) is 10.9 Å². The van der Waals surface area contributed by atoms with Crippen LogP contribution in [-0.2, 0) is 0 Å². The molecule has 10 heteroatoms. The van der Waals surface area contributed by atoms with E-state index in [4.69, 9.17) is 0 Å². The Morgan fingerprint density at radius 3 is 2.59 bits per heavy atom. The monoisotopic (exact) mass is 454 g/mol. The van der Waals surface area contributed by atoms with Gasteiger partial charge in [-0.15, -0.1) is 0 Å². The predicted molar refractivity (Wildman–Crippen MR) is 108 cm³/mol. The third-order valence-corrected chi connectivity index (χ3v) is 6.07. The lowest BCUT2D eigenvalue weighted by molar-refractivity contribution is -0.272. The molecule has 170 valence electrons. The van der Waals surface area contributed by atoms with Crippen molar-refractivity contribution in [1.82, 2.24) is 4.98 Å². The fourth-order valence-corrected chi connectivity index (χ4v) is 4.46. The average Bonchev–Trinajstić information content (AvgIpc) is 2.72. The largest absolute Gasteiger partial charge is 0.505 e. The van der Waals surface area contributed by atoms with Crippen LogP contribution in [0.4, 0.5) is 27.6 Å². The summed E-state index contributed by atoms with van der Waals surface area (Å²) in [6, 6.07) is 5.65. The second kappa shape index (κ2) is 7.47. The van der Waals surface area contributed by atoms with Crippen molar-refractivity contribution < 1.29 is 32.2 Å². The van der Waals surface area contributed by atoms with Crippen molar-refractivity contribution in [2.45, 2.75) is 43.5 Å². The van der Waals surface area contributed by atoms with Crippen molar-refractivity contribution >= 4 is 16.6 Å². The zero-order valence-electron chi connectivity index (χ0n) is 16.7. The average molecular weight is 454 g/mol. The number of fused-ring (bicyclic) bond motifs is 2. The van der Waals surface area contributed by atoms with Crippen molar-refractivity contribution in [2.24, 2.45) is 0 Å². The first-order valence-corrected chi connectivity index (χ1v) is 9.86. The summed E-state index contributed by atoms with van der Waals surface area (Å²) in [4.78, 5) is 14.1. The Hall–Kier alpha value is -3.14. The normalized spacial score (nSPS) is 23.2. The number of aromatic hydroxyl groups is 1. The number of phenolic OH excluding ortho intramolecular Hbond substituents is 1. The van der Waals surface area contributed by atoms with Gasteiger partial charge in [0.05, 0.1) is 11.6 Å². The number of nitrogens with one attached hydrogen (secondary N) is 2. The number of hydrogen-bond acceptors (Lipinski definition) is 4. The summed E-state index contributed by atoms with van der Waals surface area (Å²) < 4.78 is 70.8. The van der Waals surface area contributed by atoms with Crippen LogP contribution in [0.3, 0.4) is 0 Å². The van der Waals surface area contributed by atoms with Crippen LogP contribution < -0.4 is 10.9 Å². The van der Waals surface area contributed by atoms with E-state index in [-0.39, 0.29) is 23.2 Å². The molecule has 4 N–H and O–H groups in total. The number of alkyl halides is 3. The molecule has 0 saturated heterocycles. The molecule has 1 aromatic heterocycles. The van der Waals surface area contributed by atoms with Gasteiger partial charge in [0.1, 0.15) is 0 Å². The number of rotatable bonds is 3. The second-order valence-corrected chi connectivity index (χ2v) is 7.92. The molecule has 0 bridgehead atoms. The number of hydrogen-bond donors (Lipinski definition) is 4. The van der Waals surface area contributed by atoms with Crippen LogP contribution in [-0.4, -0.2) is 27.0 Å². The van der Waals surface area contributed by atoms with Gasteiger partial charge in [0.25, 0.3) is 0 Å². The van der Waals surface area contributed by atoms with E-state index in [9.17, 15) is 37.0 Å². The van der Waals surface area contributed by atoms with Gasteiger partial charge in [0.2, 0.25) is 11.4 Å². The van der Waals surface area contributed by atoms with Crippen molar-refractivity contribution in [2.75, 3.05) is 5.32 Å². The lowest BCUT2D eigenvalue weighted by atomic mass is 9.69. The Labute approximate surface area is 178 Å². The molecule has 3 aromatic rings. The number of pyridine rings is 1. The summed E-state index contributed by atoms with van der Waals surface area (Å²) in [6.45, 7) is 1.53. The van der Waals surface area contributed by atoms with E-state index in [1.165, 1.54) is 31.2 Å². The summed E-state index contributed by atoms with van der Waals surface area (Å²) in [5.74, 6) is -5.21. The van der Waals surface area contributed by atoms with Crippen molar-refractivity contribution in [1.29, 1.82) is 0 Å². The number of aromatic nitrogens is 1. The maximum atomic E-state index is 14.2. The van der Waals surface area contributed by atoms with Gasteiger partial charge in [-0.1, -0.05) is 13.0 Å². The zero-order chi connectivity index (χ0) is 23.4. The Morgan fingerprint density at radius 2 is 1.94 bits per heavy atom. The molecule has 32 heavy (non-hydrogen) atoms. The highest BCUT2D eigenvalue weighted by Gasteiger charge is 2.62. The highest BCUT2D eigenvalue weighted by atomic mass is 19.4. The molecule has 3 atom stereocenters. The molecule has 0 fully saturated rings. The maximum Gasteiger partial charge on any atom is 0.419 e. The summed E-state index contributed by atoms with van der Waals surface area (Å²) >= 11 is 0. The molecular formula is C22H19F5N2O3. The molecule has 1 aliphatic rings. The molecule has 0 spiro atoms. The Balaban J connectivity index is 1.97. The molecule has 1 aliphatic carbocycles. The predicted octanol–water partition coefficient (Wildman–Crippen LogP) is 4.86. The number of aromatic amines is 1. The van der Waals surface area contributed by atoms with Crippen LogP contribution in [0, 0.1) is 11.6 Å². The highest BCUT2D eigenvalue weighted by Crippen LogP contribution is 2.55. The van der Waals surface area contributed by atoms with Gasteiger partial charge in [-0.05, 0) is 48.6 Å². The minimum Gasteiger partial charge on any atom is -0.505 e. The smallest absolute Gasteiger partial charge is 0.419 e. The fraction of sp³-hybridized carbons (Fsp3) is 0.318. The van der Waals surface area contributed by atoms with Gasteiger partial charge in [0, 0.05) is 22.7 Å². The topological polar surface area (TPSA) is 85.4 Å². The maximum absolute atomic E-state index is 14.2. The van der Waals surface area contributed by atoms with Gasteiger partial charge in [-0.25, -0.2) is 4.39 Å². The van der Waals surface area contributed by atoms with Gasteiger partial charge in [-0.2, -0.15) is 17.6 Å². The summed E-state index contributed by atoms with van der Waals surface area (Å²) in [7, 11) is 0. The molecule has 0 aliphatic heterocycles. The molecule has 0 amide bonds. The third kappa shape index (κ3) is 3.29. The van der Waals surface area contributed by atoms with Gasteiger partial charge in [-0.3, -0.25) is 4.79 Å². The van der Waals surface area contributed by atoms with Crippen LogP contribution in [0.2, 0.25) is 0 Å². The Bertz CT molecular complexity index is 1260. The minimum atomic E-state index is -5.13. The highest BCUT2D eigenvalue weighted by molar-refractivity contribution is 5.91. The Morgan fingerprint density at radius 1 is 1.22 bits per heavy atom. The SMILES string of the molecule is CC[C@@H]1C[C@@](O)(C(F)(F)F)[C@@H](Nc2cccc3[nH]c(=O)ccc23)c2cc(F)c(F)c(O)c21. The Kier molecular flexibility index (Phi) is 5.15. The zero-order valence-corrected chi connectivity index (χ0v) is 16.7. The number of aliphatic hydroxyl groups is 1. The molecule has 5 nitrogen and oxygen atoms in total. The second-order valence-electron chi connectivity index (χ2n) is 7.92. The standard InChI is InChI=1S/C22H19F5N2O3/c1-2-10-9-21(32,22(25,26)27)20(12-8-13(23)18(24)19(31)17(10)12)29-15-5-3-4-14-11(15)6-7-16(30)28-14/h3-8,10,20,29,31-32H,2,9H2,1H3,(H,28,30)/t10-,20+,21+/m1/s1. The van der Waals surface area contributed by atoms with E-state index in [1.54, 1.807) is 6.07 Å². The minimum absolute atomic E-state index is 0.0479. The molecule has 1 heterocycles. The molecule has 4 rings (SSSR count). The van der Waals surface area contributed by atoms with Crippen LogP contribution in [0.15, 0.2) is 41.2 Å². The van der Waals surface area contributed by atoms with Gasteiger partial charge >= 0.3 is 6.18 Å². The molecule has 0 radical (unpaired) electrons. The van der Waals surface area contributed by atoms with Gasteiger partial charge in [0.15, 0.2) is 17.2 Å². The van der Waals surface area contributed by atoms with E-state index in [2.05, 4.69) is 10.3 Å². The van der Waals surface area contributed by atoms with Crippen LogP contribution >= 0.6 is 0 Å². The van der Waals surface area contributed by atoms with E-state index < -0.39 is 53.1 Å². The van der Waals surface area contributed by atoms with Crippen LogP contribution in [0.1, 0.15) is 42.9 Å². The van der Waals surface area contributed by atoms with Crippen molar-refractivity contribution in [3.8, 4) is 5.75 Å². The van der Waals surface area contributed by atoms with E-state index in [1.807, 2.05) is 0 Å². The first-order chi connectivity index (χ1) is 15.0. The summed E-state index contributed by atoms with van der Waals surface area (Å²) in [6.07, 6.45) is -5.95. The lowest BCUT2D eigenvalue weighted by Crippen LogP contribution is -2.55. The lowest BCUT2D eigenvalue weighted by Gasteiger charge is -2.46. The van der Waals surface area contributed by atoms with Crippen molar-refractivity contribution in [3.05, 3.63) is 69.5 Å². The molecule has 0 unspecified atom stereocenters. The molecule has 0 saturated carbocycles. The quantitative estimate of drug-likeness (QED) is 0.426. The number of benzene rings is 2. The number of anilines is 1. The van der Waals surface area contributed by atoms with Gasteiger partial charge < -0.3 is 20.5 Å². The van der Waals surface area contributed by atoms with E-state index >= 15 is 0 Å². The van der Waals surface area contributed by atoms with Crippen LogP contribution in [0.5, 0.6) is 5.75 Å². The fourth-order valence-electron chi connectivity index (χ4n) is 4.46. The molecule has 2 aromatic carbocycles. The number of H-pyrrole nitrogens is 1. The summed E-state index contributed by atoms with van der Waals surface area (Å²) in [5.41, 5.74) is -3.88. The number of phenols is 1. The first kappa shape index (κ1) is 22.1. The third-order valence-electron chi connectivity index (χ3n) is 6.07.